The zero-order valence-corrected chi connectivity index (χ0v) is 18.8. The van der Waals surface area contributed by atoms with Gasteiger partial charge in [-0.05, 0) is 49.2 Å². The summed E-state index contributed by atoms with van der Waals surface area (Å²) in [5.41, 5.74) is 2.62. The van der Waals surface area contributed by atoms with E-state index in [-0.39, 0.29) is 36.2 Å². The van der Waals surface area contributed by atoms with Gasteiger partial charge in [-0.25, -0.2) is 0 Å². The van der Waals surface area contributed by atoms with Crippen LogP contribution in [-0.4, -0.2) is 48.8 Å². The molecule has 2 aromatic carbocycles. The van der Waals surface area contributed by atoms with Crippen LogP contribution in [0, 0.1) is 0 Å². The van der Waals surface area contributed by atoms with E-state index in [4.69, 9.17) is 0 Å². The Morgan fingerprint density at radius 1 is 0.875 bits per heavy atom. The Labute approximate surface area is 189 Å². The van der Waals surface area contributed by atoms with Gasteiger partial charge in [-0.15, -0.1) is 0 Å². The predicted octanol–water partition coefficient (Wildman–Crippen LogP) is 3.14. The highest BCUT2D eigenvalue weighted by atomic mass is 16.2. The van der Waals surface area contributed by atoms with Crippen LogP contribution >= 0.6 is 0 Å². The summed E-state index contributed by atoms with van der Waals surface area (Å²) in [5, 5.41) is 8.60. The minimum atomic E-state index is -0.188. The van der Waals surface area contributed by atoms with Crippen molar-refractivity contribution in [2.24, 2.45) is 0 Å². The van der Waals surface area contributed by atoms with Crippen molar-refractivity contribution in [2.45, 2.75) is 38.5 Å². The highest BCUT2D eigenvalue weighted by Gasteiger charge is 2.38. The zero-order valence-electron chi connectivity index (χ0n) is 18.8. The van der Waals surface area contributed by atoms with Crippen LogP contribution in [-0.2, 0) is 19.8 Å². The maximum atomic E-state index is 12.6. The monoisotopic (exact) mass is 436 g/mol. The molecule has 0 spiro atoms. The molecule has 0 bridgehead atoms. The zero-order chi connectivity index (χ0) is 23.0. The van der Waals surface area contributed by atoms with Crippen LogP contribution in [0.1, 0.15) is 38.7 Å². The molecule has 2 aromatic rings. The number of carbonyl (C=O) groups is 3. The molecule has 7 nitrogen and oxygen atoms in total. The molecule has 1 aliphatic rings. The van der Waals surface area contributed by atoms with Crippen molar-refractivity contribution < 1.29 is 14.4 Å². The average Bonchev–Trinajstić information content (AvgIpc) is 2.74. The molecular formula is C25H32N4O3. The Hall–Kier alpha value is -3.19. The Kier molecular flexibility index (Phi) is 8.00. The third-order valence-corrected chi connectivity index (χ3v) is 5.99. The molecule has 170 valence electrons. The maximum absolute atomic E-state index is 12.6. The predicted molar refractivity (Wildman–Crippen MR) is 126 cm³/mol. The molecule has 0 unspecified atom stereocenters. The lowest BCUT2D eigenvalue weighted by Gasteiger charge is -2.42. The molecule has 1 saturated carbocycles. The molecular weight excluding hydrogens is 404 g/mol. The summed E-state index contributed by atoms with van der Waals surface area (Å²) in [4.78, 5) is 37.9. The highest BCUT2D eigenvalue weighted by molar-refractivity contribution is 5.93. The number of anilines is 2. The van der Waals surface area contributed by atoms with Crippen LogP contribution in [0.4, 0.5) is 11.4 Å². The summed E-state index contributed by atoms with van der Waals surface area (Å²) < 4.78 is 0. The number of likely N-dealkylation sites (N-methyl/N-ethyl adjacent to an activating group) is 1. The summed E-state index contributed by atoms with van der Waals surface area (Å²) >= 11 is 0. The van der Waals surface area contributed by atoms with Gasteiger partial charge < -0.3 is 16.0 Å². The van der Waals surface area contributed by atoms with E-state index in [2.05, 4.69) is 28.1 Å². The van der Waals surface area contributed by atoms with Gasteiger partial charge >= 0.3 is 0 Å². The van der Waals surface area contributed by atoms with Crippen LogP contribution in [0.25, 0.3) is 0 Å². The third-order valence-electron chi connectivity index (χ3n) is 5.99. The summed E-state index contributed by atoms with van der Waals surface area (Å²) in [6.45, 7) is 4.89. The summed E-state index contributed by atoms with van der Waals surface area (Å²) in [7, 11) is 0. The molecule has 32 heavy (non-hydrogen) atoms. The maximum Gasteiger partial charge on any atom is 0.238 e. The molecule has 3 N–H and O–H groups in total. The highest BCUT2D eigenvalue weighted by Crippen LogP contribution is 2.43. The van der Waals surface area contributed by atoms with Gasteiger partial charge in [-0.1, -0.05) is 43.7 Å². The largest absolute Gasteiger partial charge is 0.354 e. The molecule has 1 fully saturated rings. The molecule has 1 aliphatic carbocycles. The summed E-state index contributed by atoms with van der Waals surface area (Å²) in [6.07, 6.45) is 3.34. The first-order valence-corrected chi connectivity index (χ1v) is 11.1. The standard InChI is InChI=1S/C25H32N4O3/c1-3-29(17-24(32)28-22-12-10-21(11-13-22)27-19(2)30)16-23(31)26-18-25(14-7-15-25)20-8-5-4-6-9-20/h4-6,8-13H,3,7,14-18H2,1-2H3,(H,26,31)(H,27,30)(H,28,32). The lowest BCUT2D eigenvalue weighted by atomic mass is 9.64. The van der Waals surface area contributed by atoms with Gasteiger partial charge in [-0.3, -0.25) is 19.3 Å². The van der Waals surface area contributed by atoms with E-state index in [0.717, 1.165) is 12.8 Å². The van der Waals surface area contributed by atoms with Crippen LogP contribution in [0.3, 0.4) is 0 Å². The van der Waals surface area contributed by atoms with Gasteiger partial charge in [0, 0.05) is 30.3 Å². The topological polar surface area (TPSA) is 90.5 Å². The van der Waals surface area contributed by atoms with Crippen molar-refractivity contribution >= 4 is 29.1 Å². The van der Waals surface area contributed by atoms with Crippen LogP contribution in [0.15, 0.2) is 54.6 Å². The first-order chi connectivity index (χ1) is 15.4. The van der Waals surface area contributed by atoms with Gasteiger partial charge in [0.25, 0.3) is 0 Å². The number of carbonyl (C=O) groups excluding carboxylic acids is 3. The van der Waals surface area contributed by atoms with E-state index < -0.39 is 0 Å². The number of nitrogens with zero attached hydrogens (tertiary/aromatic N) is 1. The Bertz CT molecular complexity index is 924. The first kappa shape index (κ1) is 23.5. The van der Waals surface area contributed by atoms with Crippen LogP contribution in [0.5, 0.6) is 0 Å². The second-order valence-electron chi connectivity index (χ2n) is 8.39. The number of rotatable bonds is 10. The molecule has 0 radical (unpaired) electrons. The second kappa shape index (κ2) is 10.9. The van der Waals surface area contributed by atoms with E-state index in [1.54, 1.807) is 24.3 Å². The minimum absolute atomic E-state index is 0.0365. The van der Waals surface area contributed by atoms with Crippen LogP contribution < -0.4 is 16.0 Å². The lowest BCUT2D eigenvalue weighted by molar-refractivity contribution is -0.123. The smallest absolute Gasteiger partial charge is 0.238 e. The van der Waals surface area contributed by atoms with E-state index >= 15 is 0 Å². The molecule has 7 heteroatoms. The minimum Gasteiger partial charge on any atom is -0.354 e. The van der Waals surface area contributed by atoms with Crippen molar-refractivity contribution in [3.05, 3.63) is 60.2 Å². The summed E-state index contributed by atoms with van der Waals surface area (Å²) in [5.74, 6) is -0.404. The fraction of sp³-hybridized carbons (Fsp3) is 0.400. The Morgan fingerprint density at radius 2 is 1.47 bits per heavy atom. The molecule has 0 heterocycles. The Balaban J connectivity index is 1.46. The number of nitrogens with one attached hydrogen (secondary N) is 3. The van der Waals surface area contributed by atoms with E-state index in [0.29, 0.717) is 24.5 Å². The molecule has 0 aromatic heterocycles. The van der Waals surface area contributed by atoms with Crippen molar-refractivity contribution in [3.8, 4) is 0 Å². The third kappa shape index (κ3) is 6.40. The van der Waals surface area contributed by atoms with Gasteiger partial charge in [0.15, 0.2) is 0 Å². The van der Waals surface area contributed by atoms with E-state index in [1.165, 1.54) is 18.9 Å². The number of hydrogen-bond donors (Lipinski definition) is 3. The molecule has 3 rings (SSSR count). The molecule has 0 atom stereocenters. The second-order valence-corrected chi connectivity index (χ2v) is 8.39. The van der Waals surface area contributed by atoms with Gasteiger partial charge in [0.1, 0.15) is 0 Å². The molecule has 0 aliphatic heterocycles. The van der Waals surface area contributed by atoms with Gasteiger partial charge in [0.05, 0.1) is 13.1 Å². The SMILES string of the molecule is CCN(CC(=O)NCC1(c2ccccc2)CCC1)CC(=O)Nc1ccc(NC(C)=O)cc1. The van der Waals surface area contributed by atoms with Crippen molar-refractivity contribution in [3.63, 3.8) is 0 Å². The van der Waals surface area contributed by atoms with Crippen molar-refractivity contribution in [1.82, 2.24) is 10.2 Å². The number of benzene rings is 2. The Morgan fingerprint density at radius 3 is 2.00 bits per heavy atom. The summed E-state index contributed by atoms with van der Waals surface area (Å²) in [6, 6.07) is 17.3. The normalized spacial score (nSPS) is 14.3. The fourth-order valence-electron chi connectivity index (χ4n) is 4.01. The molecule has 3 amide bonds. The van der Waals surface area contributed by atoms with Crippen molar-refractivity contribution in [2.75, 3.05) is 36.8 Å². The lowest BCUT2D eigenvalue weighted by Crippen LogP contribution is -2.48. The first-order valence-electron chi connectivity index (χ1n) is 11.1. The quantitative estimate of drug-likeness (QED) is 0.534. The van der Waals surface area contributed by atoms with E-state index in [9.17, 15) is 14.4 Å². The van der Waals surface area contributed by atoms with Crippen molar-refractivity contribution in [1.29, 1.82) is 0 Å². The van der Waals surface area contributed by atoms with Gasteiger partial charge in [-0.2, -0.15) is 0 Å². The number of amides is 3. The fourth-order valence-corrected chi connectivity index (χ4v) is 4.01. The van der Waals surface area contributed by atoms with Gasteiger partial charge in [0.2, 0.25) is 17.7 Å². The average molecular weight is 437 g/mol. The number of hydrogen-bond acceptors (Lipinski definition) is 4. The van der Waals surface area contributed by atoms with Crippen LogP contribution in [0.2, 0.25) is 0 Å². The van der Waals surface area contributed by atoms with E-state index in [1.807, 2.05) is 30.0 Å². The molecule has 0 saturated heterocycles.